The molecular weight excluding hydrogens is 212 g/mol. The zero-order chi connectivity index (χ0) is 11.4. The van der Waals surface area contributed by atoms with Crippen LogP contribution in [0.25, 0.3) is 11.0 Å². The maximum atomic E-state index is 5.37. The molecule has 0 radical (unpaired) electrons. The lowest BCUT2D eigenvalue weighted by atomic mass is 9.74. The lowest BCUT2D eigenvalue weighted by molar-refractivity contribution is 0.318. The Morgan fingerprint density at radius 3 is 3.24 bits per heavy atom. The number of hydrogen-bond acceptors (Lipinski definition) is 3. The third-order valence-electron chi connectivity index (χ3n) is 4.30. The fourth-order valence-corrected chi connectivity index (χ4v) is 3.45. The second-order valence-electron chi connectivity index (χ2n) is 5.48. The Balaban J connectivity index is 1.94. The van der Waals surface area contributed by atoms with E-state index in [2.05, 4.69) is 22.6 Å². The van der Waals surface area contributed by atoms with E-state index in [1.165, 1.54) is 35.9 Å². The summed E-state index contributed by atoms with van der Waals surface area (Å²) in [7, 11) is 0. The molecule has 1 saturated heterocycles. The number of aryl methyl sites for hydroxylation is 1. The zero-order valence-electron chi connectivity index (χ0n) is 9.99. The number of benzene rings is 1. The monoisotopic (exact) mass is 228 g/mol. The molecule has 1 aromatic carbocycles. The maximum absolute atomic E-state index is 5.37. The summed E-state index contributed by atoms with van der Waals surface area (Å²) in [5.74, 6) is 1.50. The van der Waals surface area contributed by atoms with Crippen LogP contribution in [0, 0.1) is 12.8 Å². The third-order valence-corrected chi connectivity index (χ3v) is 4.30. The number of aromatic nitrogens is 1. The highest BCUT2D eigenvalue weighted by molar-refractivity contribution is 5.81. The summed E-state index contributed by atoms with van der Waals surface area (Å²) in [4.78, 5) is 0. The molecule has 4 rings (SSSR count). The fourth-order valence-electron chi connectivity index (χ4n) is 3.45. The molecular formula is C14H16N2O. The van der Waals surface area contributed by atoms with Crippen LogP contribution in [0.2, 0.25) is 0 Å². The quantitative estimate of drug-likeness (QED) is 0.752. The highest BCUT2D eigenvalue weighted by Gasteiger charge is 2.30. The Hall–Kier alpha value is -1.35. The molecule has 1 aliphatic carbocycles. The Bertz CT molecular complexity index is 587. The second kappa shape index (κ2) is 3.33. The lowest BCUT2D eigenvalue weighted by Gasteiger charge is -2.36. The van der Waals surface area contributed by atoms with Crippen LogP contribution in [-0.2, 0) is 6.42 Å². The van der Waals surface area contributed by atoms with E-state index in [4.69, 9.17) is 4.52 Å². The summed E-state index contributed by atoms with van der Waals surface area (Å²) in [5.41, 5.74) is 4.96. The average Bonchev–Trinajstić information content (AvgIpc) is 2.69. The molecule has 3 nitrogen and oxygen atoms in total. The van der Waals surface area contributed by atoms with Crippen LogP contribution in [-0.4, -0.2) is 18.2 Å². The number of nitrogens with zero attached hydrogens (tertiary/aromatic N) is 1. The van der Waals surface area contributed by atoms with Crippen molar-refractivity contribution in [2.24, 2.45) is 5.92 Å². The first-order chi connectivity index (χ1) is 8.31. The highest BCUT2D eigenvalue weighted by atomic mass is 16.5. The molecule has 3 heteroatoms. The molecule has 0 spiro atoms. The minimum Gasteiger partial charge on any atom is -0.356 e. The van der Waals surface area contributed by atoms with Crippen molar-refractivity contribution in [3.05, 3.63) is 29.0 Å². The minimum absolute atomic E-state index is 0.691. The predicted octanol–water partition coefficient (Wildman–Crippen LogP) is 2.39. The largest absolute Gasteiger partial charge is 0.356 e. The van der Waals surface area contributed by atoms with Gasteiger partial charge in [0.15, 0.2) is 5.58 Å². The molecule has 17 heavy (non-hydrogen) atoms. The molecule has 2 aliphatic rings. The number of nitrogens with one attached hydrogen (secondary N) is 1. The van der Waals surface area contributed by atoms with E-state index in [0.29, 0.717) is 5.92 Å². The first-order valence-electron chi connectivity index (χ1n) is 6.41. The first kappa shape index (κ1) is 9.66. The van der Waals surface area contributed by atoms with Crippen molar-refractivity contribution in [3.63, 3.8) is 0 Å². The van der Waals surface area contributed by atoms with E-state index in [1.807, 2.05) is 6.92 Å². The smallest absolute Gasteiger partial charge is 0.167 e. The molecule has 0 saturated carbocycles. The van der Waals surface area contributed by atoms with Gasteiger partial charge >= 0.3 is 0 Å². The minimum atomic E-state index is 0.691. The summed E-state index contributed by atoms with van der Waals surface area (Å²) in [6, 6.07) is 4.53. The Labute approximate surface area is 100 Å². The molecule has 2 heterocycles. The first-order valence-corrected chi connectivity index (χ1v) is 6.41. The molecule has 2 bridgehead atoms. The van der Waals surface area contributed by atoms with Gasteiger partial charge < -0.3 is 9.84 Å². The summed E-state index contributed by atoms with van der Waals surface area (Å²) in [6.45, 7) is 4.31. The van der Waals surface area contributed by atoms with Gasteiger partial charge in [0.25, 0.3) is 0 Å². The topological polar surface area (TPSA) is 38.1 Å². The Morgan fingerprint density at radius 1 is 1.35 bits per heavy atom. The van der Waals surface area contributed by atoms with Gasteiger partial charge in [-0.3, -0.25) is 0 Å². The zero-order valence-corrected chi connectivity index (χ0v) is 9.99. The van der Waals surface area contributed by atoms with Crippen LogP contribution in [0.1, 0.15) is 29.2 Å². The molecule has 1 N–H and O–H groups in total. The van der Waals surface area contributed by atoms with Crippen molar-refractivity contribution in [1.82, 2.24) is 10.5 Å². The number of rotatable bonds is 0. The standard InChI is InChI=1S/C14H16N2O/c1-8-12-5-13-10(4-14(12)17-16-8)2-9-3-11(13)7-15-6-9/h4-5,9,11,15H,2-3,6-7H2,1H3. The molecule has 2 atom stereocenters. The third kappa shape index (κ3) is 1.35. The molecule has 1 aliphatic heterocycles. The molecule has 0 amide bonds. The van der Waals surface area contributed by atoms with Crippen LogP contribution < -0.4 is 5.32 Å². The van der Waals surface area contributed by atoms with Crippen molar-refractivity contribution in [3.8, 4) is 0 Å². The number of piperidine rings is 1. The van der Waals surface area contributed by atoms with E-state index in [1.54, 1.807) is 0 Å². The van der Waals surface area contributed by atoms with E-state index < -0.39 is 0 Å². The van der Waals surface area contributed by atoms with Gasteiger partial charge in [-0.1, -0.05) is 5.16 Å². The van der Waals surface area contributed by atoms with Crippen LogP contribution >= 0.6 is 0 Å². The van der Waals surface area contributed by atoms with Crippen molar-refractivity contribution in [2.75, 3.05) is 13.1 Å². The maximum Gasteiger partial charge on any atom is 0.167 e. The van der Waals surface area contributed by atoms with Crippen LogP contribution in [0.3, 0.4) is 0 Å². The average molecular weight is 228 g/mol. The van der Waals surface area contributed by atoms with Crippen molar-refractivity contribution in [1.29, 1.82) is 0 Å². The molecule has 1 aromatic heterocycles. The molecule has 2 aromatic rings. The normalized spacial score (nSPS) is 27.1. The van der Waals surface area contributed by atoms with Gasteiger partial charge in [0.2, 0.25) is 0 Å². The summed E-state index contributed by atoms with van der Waals surface area (Å²) in [6.07, 6.45) is 2.53. The van der Waals surface area contributed by atoms with Crippen LogP contribution in [0.4, 0.5) is 0 Å². The fraction of sp³-hybridized carbons (Fsp3) is 0.500. The van der Waals surface area contributed by atoms with Gasteiger partial charge in [-0.2, -0.15) is 0 Å². The SMILES string of the molecule is Cc1noc2cc3c(cc12)C1CNCC(C3)C1. The van der Waals surface area contributed by atoms with Gasteiger partial charge in [-0.05, 0) is 61.4 Å². The molecule has 2 unspecified atom stereocenters. The Morgan fingerprint density at radius 2 is 2.29 bits per heavy atom. The summed E-state index contributed by atoms with van der Waals surface area (Å²) >= 11 is 0. The van der Waals surface area contributed by atoms with Gasteiger partial charge in [0.05, 0.1) is 5.69 Å². The van der Waals surface area contributed by atoms with Gasteiger partial charge in [-0.15, -0.1) is 0 Å². The van der Waals surface area contributed by atoms with E-state index in [0.717, 1.165) is 23.7 Å². The number of hydrogen-bond donors (Lipinski definition) is 1. The summed E-state index contributed by atoms with van der Waals surface area (Å²) in [5, 5.41) is 8.79. The van der Waals surface area contributed by atoms with Gasteiger partial charge in [0, 0.05) is 11.9 Å². The van der Waals surface area contributed by atoms with E-state index in [-0.39, 0.29) is 0 Å². The van der Waals surface area contributed by atoms with Crippen LogP contribution in [0.15, 0.2) is 16.7 Å². The predicted molar refractivity (Wildman–Crippen MR) is 66.2 cm³/mol. The van der Waals surface area contributed by atoms with Crippen molar-refractivity contribution < 1.29 is 4.52 Å². The van der Waals surface area contributed by atoms with Crippen molar-refractivity contribution in [2.45, 2.75) is 25.7 Å². The second-order valence-corrected chi connectivity index (χ2v) is 5.48. The molecule has 1 fully saturated rings. The lowest BCUT2D eigenvalue weighted by Crippen LogP contribution is -2.39. The van der Waals surface area contributed by atoms with Gasteiger partial charge in [0.1, 0.15) is 0 Å². The number of fused-ring (bicyclic) bond motifs is 5. The van der Waals surface area contributed by atoms with Crippen molar-refractivity contribution >= 4 is 11.0 Å². The van der Waals surface area contributed by atoms with E-state index in [9.17, 15) is 0 Å². The molecule has 88 valence electrons. The van der Waals surface area contributed by atoms with E-state index >= 15 is 0 Å². The Kier molecular flexibility index (Phi) is 1.89. The van der Waals surface area contributed by atoms with Crippen LogP contribution in [0.5, 0.6) is 0 Å². The van der Waals surface area contributed by atoms with Gasteiger partial charge in [-0.25, -0.2) is 0 Å². The summed E-state index contributed by atoms with van der Waals surface area (Å²) < 4.78 is 5.37. The highest BCUT2D eigenvalue weighted by Crippen LogP contribution is 2.39.